The van der Waals surface area contributed by atoms with Gasteiger partial charge in [0.2, 0.25) is 5.95 Å². The van der Waals surface area contributed by atoms with E-state index in [1.807, 2.05) is 31.2 Å². The first-order valence-electron chi connectivity index (χ1n) is 7.86. The van der Waals surface area contributed by atoms with Crippen LogP contribution in [0.25, 0.3) is 0 Å². The van der Waals surface area contributed by atoms with Gasteiger partial charge < -0.3 is 10.6 Å². The van der Waals surface area contributed by atoms with Crippen LogP contribution in [0.2, 0.25) is 0 Å². The van der Waals surface area contributed by atoms with Crippen molar-refractivity contribution in [1.29, 1.82) is 0 Å². The van der Waals surface area contributed by atoms with E-state index in [9.17, 15) is 4.79 Å². The number of pyridine rings is 1. The smallest absolute Gasteiger partial charge is 0.255 e. The summed E-state index contributed by atoms with van der Waals surface area (Å²) in [6.45, 7) is 1.83. The highest BCUT2D eigenvalue weighted by atomic mass is 79.9. The fraction of sp³-hybridized carbons (Fsp3) is 0.118. The normalized spacial score (nSPS) is 16.0. The van der Waals surface area contributed by atoms with Crippen molar-refractivity contribution in [3.8, 4) is 0 Å². The van der Waals surface area contributed by atoms with Crippen molar-refractivity contribution in [1.82, 2.24) is 25.2 Å². The highest BCUT2D eigenvalue weighted by molar-refractivity contribution is 9.10. The van der Waals surface area contributed by atoms with Crippen LogP contribution in [0.5, 0.6) is 0 Å². The summed E-state index contributed by atoms with van der Waals surface area (Å²) >= 11 is 3.48. The first kappa shape index (κ1) is 16.4. The number of fused-ring (bicyclic) bond motifs is 1. The van der Waals surface area contributed by atoms with Crippen LogP contribution in [-0.4, -0.2) is 31.1 Å². The van der Waals surface area contributed by atoms with Gasteiger partial charge in [0.25, 0.3) is 5.91 Å². The van der Waals surface area contributed by atoms with Gasteiger partial charge in [-0.1, -0.05) is 33.2 Å². The van der Waals surface area contributed by atoms with Gasteiger partial charge in [-0.2, -0.15) is 4.68 Å². The van der Waals surface area contributed by atoms with E-state index in [1.54, 1.807) is 29.2 Å². The molecule has 1 aromatic carbocycles. The predicted molar refractivity (Wildman–Crippen MR) is 99.3 cm³/mol. The molecule has 0 spiro atoms. The van der Waals surface area contributed by atoms with Crippen molar-refractivity contribution in [2.45, 2.75) is 13.0 Å². The first-order valence-corrected chi connectivity index (χ1v) is 8.65. The third kappa shape index (κ3) is 2.97. The Hall–Kier alpha value is -3.07. The van der Waals surface area contributed by atoms with Crippen LogP contribution in [0.1, 0.15) is 18.5 Å². The number of halogens is 1. The molecule has 2 N–H and O–H groups in total. The average molecular weight is 412 g/mol. The predicted octanol–water partition coefficient (Wildman–Crippen LogP) is 2.76. The Labute approximate surface area is 157 Å². The second-order valence-corrected chi connectivity index (χ2v) is 6.68. The summed E-state index contributed by atoms with van der Waals surface area (Å²) in [5.41, 5.74) is 2.74. The molecule has 0 bridgehead atoms. The van der Waals surface area contributed by atoms with Crippen LogP contribution < -0.4 is 10.6 Å². The fourth-order valence-corrected chi connectivity index (χ4v) is 3.34. The highest BCUT2D eigenvalue weighted by Crippen LogP contribution is 2.35. The summed E-state index contributed by atoms with van der Waals surface area (Å²) in [5, 5.41) is 17.8. The topological polar surface area (TPSA) is 97.6 Å². The molecule has 4 rings (SSSR count). The van der Waals surface area contributed by atoms with Crippen LogP contribution in [0.3, 0.4) is 0 Å². The minimum absolute atomic E-state index is 0.242. The number of nitrogens with one attached hydrogen (secondary N) is 2. The van der Waals surface area contributed by atoms with Crippen molar-refractivity contribution < 1.29 is 4.79 Å². The lowest BCUT2D eigenvalue weighted by atomic mass is 9.95. The SMILES string of the molecule is CC1=C(C(=O)Nc2cccnc2)[C@H](c2cccc(Br)c2)n2nnnc2N1. The molecule has 1 aliphatic rings. The van der Waals surface area contributed by atoms with Crippen molar-refractivity contribution in [2.24, 2.45) is 0 Å². The van der Waals surface area contributed by atoms with Crippen molar-refractivity contribution >= 4 is 33.5 Å². The number of hydrogen-bond donors (Lipinski definition) is 2. The average Bonchev–Trinajstić information content (AvgIpc) is 3.09. The zero-order valence-corrected chi connectivity index (χ0v) is 15.3. The van der Waals surface area contributed by atoms with E-state index in [0.29, 0.717) is 22.9 Å². The summed E-state index contributed by atoms with van der Waals surface area (Å²) in [7, 11) is 0. The van der Waals surface area contributed by atoms with Crippen molar-refractivity contribution in [3.63, 3.8) is 0 Å². The Morgan fingerprint density at radius 1 is 1.31 bits per heavy atom. The molecule has 0 saturated heterocycles. The first-order chi connectivity index (χ1) is 12.6. The van der Waals surface area contributed by atoms with Gasteiger partial charge in [-0.15, -0.1) is 0 Å². The molecule has 0 aliphatic carbocycles. The quantitative estimate of drug-likeness (QED) is 0.687. The molecule has 1 atom stereocenters. The molecule has 8 nitrogen and oxygen atoms in total. The molecule has 1 aliphatic heterocycles. The van der Waals surface area contributed by atoms with Gasteiger partial charge in [0.15, 0.2) is 0 Å². The van der Waals surface area contributed by atoms with Crippen LogP contribution in [0, 0.1) is 0 Å². The minimum atomic E-state index is -0.449. The lowest BCUT2D eigenvalue weighted by Crippen LogP contribution is -2.31. The molecule has 0 unspecified atom stereocenters. The number of rotatable bonds is 3. The molecule has 1 amide bonds. The van der Waals surface area contributed by atoms with Gasteiger partial charge in [0, 0.05) is 16.4 Å². The number of benzene rings is 1. The van der Waals surface area contributed by atoms with E-state index >= 15 is 0 Å². The Morgan fingerprint density at radius 3 is 2.96 bits per heavy atom. The van der Waals surface area contributed by atoms with Gasteiger partial charge in [-0.3, -0.25) is 9.78 Å². The van der Waals surface area contributed by atoms with E-state index < -0.39 is 6.04 Å². The number of hydrogen-bond acceptors (Lipinski definition) is 6. The second-order valence-electron chi connectivity index (χ2n) is 5.76. The fourth-order valence-electron chi connectivity index (χ4n) is 2.93. The number of tetrazole rings is 1. The number of carbonyl (C=O) groups excluding carboxylic acids is 1. The maximum atomic E-state index is 13.0. The Kier molecular flexibility index (Phi) is 4.21. The van der Waals surface area contributed by atoms with Crippen LogP contribution in [0.15, 0.2) is 64.5 Å². The summed E-state index contributed by atoms with van der Waals surface area (Å²) < 4.78 is 2.51. The highest BCUT2D eigenvalue weighted by Gasteiger charge is 2.34. The zero-order valence-electron chi connectivity index (χ0n) is 13.7. The molecule has 2 aromatic heterocycles. The summed E-state index contributed by atoms with van der Waals surface area (Å²) in [6, 6.07) is 10.8. The standard InChI is InChI=1S/C17H14BrN7O/c1-10-14(16(26)21-13-6-3-7-19-9-13)15(11-4-2-5-12(18)8-11)25-17(20-10)22-23-24-25/h2-9,15H,1H3,(H,21,26)(H,20,22,24)/t15-/m0/s1. The number of amides is 1. The van der Waals surface area contributed by atoms with Crippen molar-refractivity contribution in [2.75, 3.05) is 10.6 Å². The Bertz CT molecular complexity index is 999. The van der Waals surface area contributed by atoms with Gasteiger partial charge >= 0.3 is 0 Å². The lowest BCUT2D eigenvalue weighted by Gasteiger charge is -2.28. The maximum absolute atomic E-state index is 13.0. The van der Waals surface area contributed by atoms with Gasteiger partial charge in [0.05, 0.1) is 17.5 Å². The number of allylic oxidation sites excluding steroid dienone is 1. The Balaban J connectivity index is 1.78. The molecular weight excluding hydrogens is 398 g/mol. The molecule has 0 fully saturated rings. The molecule has 9 heteroatoms. The molecule has 26 heavy (non-hydrogen) atoms. The van der Waals surface area contributed by atoms with Crippen LogP contribution >= 0.6 is 15.9 Å². The van der Waals surface area contributed by atoms with Gasteiger partial charge in [-0.25, -0.2) is 0 Å². The van der Waals surface area contributed by atoms with E-state index in [0.717, 1.165) is 10.0 Å². The molecule has 0 saturated carbocycles. The number of anilines is 2. The molecule has 130 valence electrons. The molecule has 3 aromatic rings. The van der Waals surface area contributed by atoms with E-state index in [-0.39, 0.29) is 5.91 Å². The summed E-state index contributed by atoms with van der Waals surface area (Å²) in [6.07, 6.45) is 3.25. The maximum Gasteiger partial charge on any atom is 0.255 e. The summed E-state index contributed by atoms with van der Waals surface area (Å²) in [5.74, 6) is 0.250. The van der Waals surface area contributed by atoms with Crippen molar-refractivity contribution in [3.05, 3.63) is 70.1 Å². The molecular formula is C17H14BrN7O. The van der Waals surface area contributed by atoms with E-state index in [1.165, 1.54) is 0 Å². The minimum Gasteiger partial charge on any atom is -0.326 e. The third-order valence-electron chi connectivity index (χ3n) is 4.04. The monoisotopic (exact) mass is 411 g/mol. The summed E-state index contributed by atoms with van der Waals surface area (Å²) in [4.78, 5) is 17.1. The number of carbonyl (C=O) groups is 1. The molecule has 0 radical (unpaired) electrons. The lowest BCUT2D eigenvalue weighted by molar-refractivity contribution is -0.113. The largest absolute Gasteiger partial charge is 0.326 e. The zero-order chi connectivity index (χ0) is 18.1. The third-order valence-corrected chi connectivity index (χ3v) is 4.54. The van der Waals surface area contributed by atoms with Crippen LogP contribution in [-0.2, 0) is 4.79 Å². The number of aromatic nitrogens is 5. The van der Waals surface area contributed by atoms with Gasteiger partial charge in [0.1, 0.15) is 6.04 Å². The molecule has 3 heterocycles. The van der Waals surface area contributed by atoms with E-state index in [2.05, 4.69) is 47.1 Å². The van der Waals surface area contributed by atoms with Crippen LogP contribution in [0.4, 0.5) is 11.6 Å². The second kappa shape index (κ2) is 6.68. The van der Waals surface area contributed by atoms with E-state index in [4.69, 9.17) is 0 Å². The van der Waals surface area contributed by atoms with Gasteiger partial charge in [-0.05, 0) is 47.2 Å². The Morgan fingerprint density at radius 2 is 2.19 bits per heavy atom. The number of nitrogens with zero attached hydrogens (tertiary/aromatic N) is 5.